The molecular weight excluding hydrogens is 246 g/mol. The summed E-state index contributed by atoms with van der Waals surface area (Å²) in [4.78, 5) is 0. The van der Waals surface area contributed by atoms with Crippen LogP contribution in [0.4, 0.5) is 0 Å². The third-order valence-corrected chi connectivity index (χ3v) is 3.42. The van der Waals surface area contributed by atoms with E-state index >= 15 is 0 Å². The highest BCUT2D eigenvalue weighted by Crippen LogP contribution is 2.19. The topological polar surface area (TPSA) is 29.9 Å². The van der Waals surface area contributed by atoms with Gasteiger partial charge in [-0.2, -0.15) is 5.10 Å². The SMILES string of the molecule is CCCNC(Cn1cc(C)cn1)c1cc(C)cc(C)c1. The van der Waals surface area contributed by atoms with Crippen LogP contribution in [0, 0.1) is 20.8 Å². The van der Waals surface area contributed by atoms with Crippen LogP contribution < -0.4 is 5.32 Å². The van der Waals surface area contributed by atoms with Gasteiger partial charge in [0.05, 0.1) is 18.8 Å². The van der Waals surface area contributed by atoms with Gasteiger partial charge in [0.25, 0.3) is 0 Å². The molecule has 1 aromatic heterocycles. The first-order valence-corrected chi connectivity index (χ1v) is 7.39. The zero-order chi connectivity index (χ0) is 14.5. The fraction of sp³-hybridized carbons (Fsp3) is 0.471. The number of nitrogens with zero attached hydrogens (tertiary/aromatic N) is 2. The van der Waals surface area contributed by atoms with Crippen LogP contribution in [0.3, 0.4) is 0 Å². The average molecular weight is 271 g/mol. The van der Waals surface area contributed by atoms with E-state index in [0.717, 1.165) is 19.5 Å². The fourth-order valence-electron chi connectivity index (χ4n) is 2.57. The minimum Gasteiger partial charge on any atom is -0.308 e. The van der Waals surface area contributed by atoms with Crippen LogP contribution in [0.1, 0.15) is 41.6 Å². The Balaban J connectivity index is 2.21. The number of aryl methyl sites for hydroxylation is 3. The Morgan fingerprint density at radius 3 is 2.35 bits per heavy atom. The molecule has 0 radical (unpaired) electrons. The quantitative estimate of drug-likeness (QED) is 0.870. The molecule has 0 aliphatic carbocycles. The number of hydrogen-bond donors (Lipinski definition) is 1. The number of hydrogen-bond acceptors (Lipinski definition) is 2. The van der Waals surface area contributed by atoms with E-state index in [0.29, 0.717) is 6.04 Å². The second-order valence-corrected chi connectivity index (χ2v) is 5.67. The van der Waals surface area contributed by atoms with Crippen molar-refractivity contribution in [3.8, 4) is 0 Å². The third kappa shape index (κ3) is 3.94. The van der Waals surface area contributed by atoms with Crippen LogP contribution in [-0.2, 0) is 6.54 Å². The Bertz CT molecular complexity index is 537. The molecule has 1 atom stereocenters. The summed E-state index contributed by atoms with van der Waals surface area (Å²) in [5.74, 6) is 0. The van der Waals surface area contributed by atoms with Crippen molar-refractivity contribution in [2.75, 3.05) is 6.54 Å². The van der Waals surface area contributed by atoms with Crippen LogP contribution >= 0.6 is 0 Å². The highest BCUT2D eigenvalue weighted by atomic mass is 15.3. The summed E-state index contributed by atoms with van der Waals surface area (Å²) in [7, 11) is 0. The monoisotopic (exact) mass is 271 g/mol. The molecule has 0 amide bonds. The summed E-state index contributed by atoms with van der Waals surface area (Å²) < 4.78 is 2.03. The van der Waals surface area contributed by atoms with Crippen LogP contribution in [0.2, 0.25) is 0 Å². The molecule has 1 N–H and O–H groups in total. The normalized spacial score (nSPS) is 12.6. The molecule has 0 fully saturated rings. The second-order valence-electron chi connectivity index (χ2n) is 5.67. The van der Waals surface area contributed by atoms with Gasteiger partial charge in [-0.1, -0.05) is 36.2 Å². The molecule has 3 nitrogen and oxygen atoms in total. The van der Waals surface area contributed by atoms with E-state index in [1.807, 2.05) is 10.9 Å². The highest BCUT2D eigenvalue weighted by Gasteiger charge is 2.12. The van der Waals surface area contributed by atoms with Gasteiger partial charge in [-0.05, 0) is 44.9 Å². The number of rotatable bonds is 6. The maximum atomic E-state index is 4.41. The molecule has 2 aromatic rings. The van der Waals surface area contributed by atoms with Gasteiger partial charge in [0.1, 0.15) is 0 Å². The first-order valence-electron chi connectivity index (χ1n) is 7.39. The first-order chi connectivity index (χ1) is 9.58. The molecule has 0 aliphatic rings. The molecule has 0 saturated heterocycles. The number of nitrogens with one attached hydrogen (secondary N) is 1. The van der Waals surface area contributed by atoms with Gasteiger partial charge in [0.15, 0.2) is 0 Å². The van der Waals surface area contributed by atoms with Crippen molar-refractivity contribution in [2.45, 2.75) is 46.7 Å². The van der Waals surface area contributed by atoms with E-state index in [2.05, 4.69) is 62.5 Å². The van der Waals surface area contributed by atoms with Crippen LogP contribution in [0.15, 0.2) is 30.6 Å². The maximum absolute atomic E-state index is 4.41. The molecule has 20 heavy (non-hydrogen) atoms. The van der Waals surface area contributed by atoms with Crippen molar-refractivity contribution in [1.29, 1.82) is 0 Å². The molecule has 0 aliphatic heterocycles. The minimum atomic E-state index is 0.313. The van der Waals surface area contributed by atoms with Crippen molar-refractivity contribution < 1.29 is 0 Å². The predicted octanol–water partition coefficient (Wildman–Crippen LogP) is 3.55. The molecular formula is C17H25N3. The Hall–Kier alpha value is -1.61. The predicted molar refractivity (Wildman–Crippen MR) is 83.9 cm³/mol. The maximum Gasteiger partial charge on any atom is 0.0604 e. The number of benzene rings is 1. The van der Waals surface area contributed by atoms with E-state index in [1.54, 1.807) is 0 Å². The standard InChI is InChI=1S/C17H25N3/c1-5-6-18-17(12-20-11-15(4)10-19-20)16-8-13(2)7-14(3)9-16/h7-11,17-18H,5-6,12H2,1-4H3. The second kappa shape index (κ2) is 6.71. The lowest BCUT2D eigenvalue weighted by atomic mass is 10.0. The molecule has 0 bridgehead atoms. The van der Waals surface area contributed by atoms with E-state index in [4.69, 9.17) is 0 Å². The molecule has 0 saturated carbocycles. The first kappa shape index (κ1) is 14.8. The van der Waals surface area contributed by atoms with Crippen molar-refractivity contribution >= 4 is 0 Å². The third-order valence-electron chi connectivity index (χ3n) is 3.42. The van der Waals surface area contributed by atoms with Crippen LogP contribution in [0.25, 0.3) is 0 Å². The molecule has 108 valence electrons. The van der Waals surface area contributed by atoms with E-state index in [-0.39, 0.29) is 0 Å². The van der Waals surface area contributed by atoms with E-state index in [9.17, 15) is 0 Å². The minimum absolute atomic E-state index is 0.313. The molecule has 0 spiro atoms. The van der Waals surface area contributed by atoms with Gasteiger partial charge in [0, 0.05) is 6.20 Å². The Kier molecular flexibility index (Phi) is 4.96. The Morgan fingerprint density at radius 2 is 1.80 bits per heavy atom. The summed E-state index contributed by atoms with van der Waals surface area (Å²) in [6, 6.07) is 7.08. The number of aromatic nitrogens is 2. The fourth-order valence-corrected chi connectivity index (χ4v) is 2.57. The molecule has 1 heterocycles. The molecule has 1 unspecified atom stereocenters. The summed E-state index contributed by atoms with van der Waals surface area (Å²) >= 11 is 0. The zero-order valence-electron chi connectivity index (χ0n) is 13.0. The van der Waals surface area contributed by atoms with Gasteiger partial charge in [0.2, 0.25) is 0 Å². The zero-order valence-corrected chi connectivity index (χ0v) is 13.0. The molecule has 2 rings (SSSR count). The van der Waals surface area contributed by atoms with Crippen LogP contribution in [0.5, 0.6) is 0 Å². The largest absolute Gasteiger partial charge is 0.308 e. The summed E-state index contributed by atoms with van der Waals surface area (Å²) in [6.07, 6.45) is 5.15. The van der Waals surface area contributed by atoms with Crippen molar-refractivity contribution in [2.24, 2.45) is 0 Å². The van der Waals surface area contributed by atoms with Crippen molar-refractivity contribution in [3.63, 3.8) is 0 Å². The van der Waals surface area contributed by atoms with Gasteiger partial charge >= 0.3 is 0 Å². The Morgan fingerprint density at radius 1 is 1.10 bits per heavy atom. The lowest BCUT2D eigenvalue weighted by molar-refractivity contribution is 0.438. The smallest absolute Gasteiger partial charge is 0.0604 e. The van der Waals surface area contributed by atoms with E-state index in [1.165, 1.54) is 22.3 Å². The lowest BCUT2D eigenvalue weighted by Crippen LogP contribution is -2.26. The summed E-state index contributed by atoms with van der Waals surface area (Å²) in [5.41, 5.74) is 5.20. The summed E-state index contributed by atoms with van der Waals surface area (Å²) in [5, 5.41) is 8.05. The highest BCUT2D eigenvalue weighted by molar-refractivity contribution is 5.30. The van der Waals surface area contributed by atoms with Gasteiger partial charge in [-0.25, -0.2) is 0 Å². The van der Waals surface area contributed by atoms with E-state index < -0.39 is 0 Å². The van der Waals surface area contributed by atoms with Crippen molar-refractivity contribution in [1.82, 2.24) is 15.1 Å². The van der Waals surface area contributed by atoms with Gasteiger partial charge in [-0.3, -0.25) is 4.68 Å². The van der Waals surface area contributed by atoms with Gasteiger partial charge in [-0.15, -0.1) is 0 Å². The molecule has 1 aromatic carbocycles. The summed E-state index contributed by atoms with van der Waals surface area (Å²) in [6.45, 7) is 10.5. The van der Waals surface area contributed by atoms with Crippen LogP contribution in [-0.4, -0.2) is 16.3 Å². The van der Waals surface area contributed by atoms with Crippen molar-refractivity contribution in [3.05, 3.63) is 52.8 Å². The lowest BCUT2D eigenvalue weighted by Gasteiger charge is -2.20. The Labute approximate surface area is 122 Å². The average Bonchev–Trinajstić information content (AvgIpc) is 2.79. The van der Waals surface area contributed by atoms with Gasteiger partial charge < -0.3 is 5.32 Å². The molecule has 3 heteroatoms.